The molecule has 0 unspecified atom stereocenters. The highest BCUT2D eigenvalue weighted by Crippen LogP contribution is 2.33. The summed E-state index contributed by atoms with van der Waals surface area (Å²) in [6.45, 7) is 1.49. The van der Waals surface area contributed by atoms with Gasteiger partial charge in [-0.25, -0.2) is 0 Å². The molecule has 5 heteroatoms. The number of rotatable bonds is 1. The molecule has 0 spiro atoms. The highest BCUT2D eigenvalue weighted by Gasteiger charge is 2.33. The Balaban J connectivity index is 3.20. The third-order valence-corrected chi connectivity index (χ3v) is 1.65. The molecule has 1 atom stereocenters. The molecular weight excluding hydrogens is 181 g/mol. The third-order valence-electron chi connectivity index (χ3n) is 1.65. The topological polar surface area (TPSA) is 38.9 Å². The number of hydrogen-bond acceptors (Lipinski definition) is 2. The van der Waals surface area contributed by atoms with Gasteiger partial charge in [0, 0.05) is 18.4 Å². The third kappa shape index (κ3) is 2.18. The van der Waals surface area contributed by atoms with E-state index in [0.717, 1.165) is 18.5 Å². The maximum Gasteiger partial charge on any atom is 0.416 e. The van der Waals surface area contributed by atoms with Gasteiger partial charge in [0.2, 0.25) is 0 Å². The van der Waals surface area contributed by atoms with Crippen molar-refractivity contribution in [2.75, 3.05) is 0 Å². The van der Waals surface area contributed by atoms with Crippen molar-refractivity contribution in [2.24, 2.45) is 5.73 Å². The number of nitrogens with zero attached hydrogens (tertiary/aromatic N) is 1. The first-order valence-electron chi connectivity index (χ1n) is 3.69. The maximum atomic E-state index is 12.3. The van der Waals surface area contributed by atoms with Crippen LogP contribution in [0.15, 0.2) is 18.5 Å². The Labute approximate surface area is 73.6 Å². The molecule has 0 fully saturated rings. The van der Waals surface area contributed by atoms with Gasteiger partial charge in [0.05, 0.1) is 5.56 Å². The predicted octanol–water partition coefficient (Wildman–Crippen LogP) is 2.12. The van der Waals surface area contributed by atoms with Gasteiger partial charge in [0.25, 0.3) is 0 Å². The molecule has 0 aromatic carbocycles. The largest absolute Gasteiger partial charge is 0.416 e. The average molecular weight is 190 g/mol. The molecule has 0 aliphatic carbocycles. The lowest BCUT2D eigenvalue weighted by Crippen LogP contribution is -2.15. The molecule has 0 bridgehead atoms. The minimum Gasteiger partial charge on any atom is -0.324 e. The van der Waals surface area contributed by atoms with E-state index in [2.05, 4.69) is 4.98 Å². The zero-order valence-corrected chi connectivity index (χ0v) is 6.97. The summed E-state index contributed by atoms with van der Waals surface area (Å²) >= 11 is 0. The van der Waals surface area contributed by atoms with Crippen LogP contribution in [0.3, 0.4) is 0 Å². The van der Waals surface area contributed by atoms with Gasteiger partial charge in [-0.1, -0.05) is 0 Å². The molecule has 0 radical (unpaired) electrons. The zero-order chi connectivity index (χ0) is 10.1. The fourth-order valence-electron chi connectivity index (χ4n) is 1.03. The van der Waals surface area contributed by atoms with E-state index in [4.69, 9.17) is 5.73 Å². The standard InChI is InChI=1S/C8H9F3N2/c1-5(12)6-4-13-3-2-7(6)8(9,10)11/h2-5H,12H2,1H3/t5-/m0/s1. The molecule has 1 aromatic heterocycles. The Morgan fingerprint density at radius 1 is 1.46 bits per heavy atom. The van der Waals surface area contributed by atoms with Crippen molar-refractivity contribution in [3.63, 3.8) is 0 Å². The van der Waals surface area contributed by atoms with Crippen LogP contribution in [0.2, 0.25) is 0 Å². The van der Waals surface area contributed by atoms with Gasteiger partial charge in [-0.2, -0.15) is 13.2 Å². The fraction of sp³-hybridized carbons (Fsp3) is 0.375. The summed E-state index contributed by atoms with van der Waals surface area (Å²) in [4.78, 5) is 3.60. The number of alkyl halides is 3. The van der Waals surface area contributed by atoms with Crippen molar-refractivity contribution in [2.45, 2.75) is 19.1 Å². The molecule has 0 saturated carbocycles. The van der Waals surface area contributed by atoms with E-state index >= 15 is 0 Å². The number of hydrogen-bond donors (Lipinski definition) is 1. The summed E-state index contributed by atoms with van der Waals surface area (Å²) < 4.78 is 37.0. The Morgan fingerprint density at radius 2 is 2.08 bits per heavy atom. The Hall–Kier alpha value is -1.10. The van der Waals surface area contributed by atoms with Gasteiger partial charge in [-0.3, -0.25) is 4.98 Å². The number of pyridine rings is 1. The van der Waals surface area contributed by atoms with Crippen molar-refractivity contribution in [1.82, 2.24) is 4.98 Å². The summed E-state index contributed by atoms with van der Waals surface area (Å²) in [6.07, 6.45) is -2.10. The predicted molar refractivity (Wildman–Crippen MR) is 41.8 cm³/mol. The van der Waals surface area contributed by atoms with Crippen LogP contribution >= 0.6 is 0 Å². The van der Waals surface area contributed by atoms with E-state index in [1.54, 1.807) is 0 Å². The van der Waals surface area contributed by atoms with Gasteiger partial charge < -0.3 is 5.73 Å². The Kier molecular flexibility index (Phi) is 2.56. The van der Waals surface area contributed by atoms with Crippen LogP contribution < -0.4 is 5.73 Å². The van der Waals surface area contributed by atoms with Gasteiger partial charge in [0.1, 0.15) is 0 Å². The smallest absolute Gasteiger partial charge is 0.324 e. The lowest BCUT2D eigenvalue weighted by atomic mass is 10.1. The number of aromatic nitrogens is 1. The highest BCUT2D eigenvalue weighted by molar-refractivity contribution is 5.28. The summed E-state index contributed by atoms with van der Waals surface area (Å²) in [5.41, 5.74) is 4.68. The second kappa shape index (κ2) is 3.33. The molecule has 1 rings (SSSR count). The normalized spacial score (nSPS) is 14.2. The number of nitrogens with two attached hydrogens (primary N) is 1. The first-order valence-corrected chi connectivity index (χ1v) is 3.69. The van der Waals surface area contributed by atoms with Crippen LogP contribution in [0.25, 0.3) is 0 Å². The fourth-order valence-corrected chi connectivity index (χ4v) is 1.03. The van der Waals surface area contributed by atoms with Crippen molar-refractivity contribution in [3.8, 4) is 0 Å². The van der Waals surface area contributed by atoms with Crippen LogP contribution in [0.5, 0.6) is 0 Å². The number of halogens is 3. The van der Waals surface area contributed by atoms with Gasteiger partial charge in [-0.05, 0) is 18.6 Å². The zero-order valence-electron chi connectivity index (χ0n) is 6.97. The summed E-state index contributed by atoms with van der Waals surface area (Å²) in [7, 11) is 0. The van der Waals surface area contributed by atoms with E-state index < -0.39 is 17.8 Å². The molecule has 0 aliphatic heterocycles. The lowest BCUT2D eigenvalue weighted by Gasteiger charge is -2.13. The van der Waals surface area contributed by atoms with Gasteiger partial charge in [-0.15, -0.1) is 0 Å². The Morgan fingerprint density at radius 3 is 2.46 bits per heavy atom. The highest BCUT2D eigenvalue weighted by atomic mass is 19.4. The van der Waals surface area contributed by atoms with E-state index in [-0.39, 0.29) is 5.56 Å². The minimum absolute atomic E-state index is 0.0231. The quantitative estimate of drug-likeness (QED) is 0.736. The second-order valence-electron chi connectivity index (χ2n) is 2.75. The maximum absolute atomic E-state index is 12.3. The second-order valence-corrected chi connectivity index (χ2v) is 2.75. The van der Waals surface area contributed by atoms with E-state index in [1.165, 1.54) is 6.92 Å². The van der Waals surface area contributed by atoms with Gasteiger partial charge >= 0.3 is 6.18 Å². The molecule has 0 saturated heterocycles. The van der Waals surface area contributed by atoms with Crippen molar-refractivity contribution < 1.29 is 13.2 Å². The van der Waals surface area contributed by atoms with Crippen LogP contribution in [0, 0.1) is 0 Å². The molecular formula is C8H9F3N2. The van der Waals surface area contributed by atoms with Crippen LogP contribution in [0.1, 0.15) is 24.1 Å². The summed E-state index contributed by atoms with van der Waals surface area (Å²) in [5.74, 6) is 0. The van der Waals surface area contributed by atoms with Crippen molar-refractivity contribution in [3.05, 3.63) is 29.6 Å². The van der Waals surface area contributed by atoms with E-state index in [1.807, 2.05) is 0 Å². The summed E-state index contributed by atoms with van der Waals surface area (Å²) in [5, 5.41) is 0. The molecule has 1 aromatic rings. The molecule has 72 valence electrons. The molecule has 2 N–H and O–H groups in total. The summed E-state index contributed by atoms with van der Waals surface area (Å²) in [6, 6.07) is 0.268. The molecule has 0 amide bonds. The van der Waals surface area contributed by atoms with E-state index in [9.17, 15) is 13.2 Å². The first-order chi connectivity index (χ1) is 5.93. The van der Waals surface area contributed by atoms with Crippen LogP contribution in [0.4, 0.5) is 13.2 Å². The van der Waals surface area contributed by atoms with Crippen molar-refractivity contribution >= 4 is 0 Å². The Bertz CT molecular complexity index is 294. The monoisotopic (exact) mass is 190 g/mol. The van der Waals surface area contributed by atoms with E-state index in [0.29, 0.717) is 0 Å². The van der Waals surface area contributed by atoms with Crippen LogP contribution in [-0.4, -0.2) is 4.98 Å². The van der Waals surface area contributed by atoms with Crippen molar-refractivity contribution in [1.29, 1.82) is 0 Å². The average Bonchev–Trinajstić information content (AvgIpc) is 2.03. The molecule has 0 aliphatic rings. The van der Waals surface area contributed by atoms with Crippen LogP contribution in [-0.2, 0) is 6.18 Å². The van der Waals surface area contributed by atoms with Gasteiger partial charge in [0.15, 0.2) is 0 Å². The molecule has 13 heavy (non-hydrogen) atoms. The minimum atomic E-state index is -4.36. The SMILES string of the molecule is C[C@H](N)c1cnccc1C(F)(F)F. The lowest BCUT2D eigenvalue weighted by molar-refractivity contribution is -0.138. The molecule has 2 nitrogen and oxygen atoms in total. The first kappa shape index (κ1) is 9.98. The molecule has 1 heterocycles.